The molecule has 0 spiro atoms. The lowest BCUT2D eigenvalue weighted by Gasteiger charge is -2.17. The number of hydrogen-bond acceptors (Lipinski definition) is 3. The molecule has 4 rings (SSSR count). The van der Waals surface area contributed by atoms with E-state index in [1.54, 1.807) is 10.7 Å². The van der Waals surface area contributed by atoms with Crippen molar-refractivity contribution in [2.75, 3.05) is 18.0 Å². The Balaban J connectivity index is 1.69. The van der Waals surface area contributed by atoms with Gasteiger partial charge in [-0.05, 0) is 37.8 Å². The number of amides is 1. The zero-order valence-electron chi connectivity index (χ0n) is 11.4. The van der Waals surface area contributed by atoms with Crippen molar-refractivity contribution in [1.29, 1.82) is 0 Å². The van der Waals surface area contributed by atoms with Gasteiger partial charge in [0.25, 0.3) is 5.91 Å². The van der Waals surface area contributed by atoms with E-state index in [0.29, 0.717) is 11.6 Å². The Labute approximate surface area is 117 Å². The van der Waals surface area contributed by atoms with E-state index in [0.717, 1.165) is 31.4 Å². The molecule has 0 bridgehead atoms. The molecule has 0 radical (unpaired) electrons. The highest BCUT2D eigenvalue weighted by atomic mass is 16.1. The van der Waals surface area contributed by atoms with E-state index in [9.17, 15) is 4.79 Å². The summed E-state index contributed by atoms with van der Waals surface area (Å²) in [6.07, 6.45) is 8.31. The Kier molecular flexibility index (Phi) is 2.65. The van der Waals surface area contributed by atoms with Gasteiger partial charge in [-0.1, -0.05) is 0 Å². The second-order valence-corrected chi connectivity index (χ2v) is 5.71. The number of pyridine rings is 1. The molecule has 1 aliphatic carbocycles. The summed E-state index contributed by atoms with van der Waals surface area (Å²) in [5.74, 6) is 0.000993. The van der Waals surface area contributed by atoms with E-state index < -0.39 is 0 Å². The number of nitrogens with one attached hydrogen (secondary N) is 1. The number of carbonyl (C=O) groups excluding carboxylic acids is 1. The van der Waals surface area contributed by atoms with Gasteiger partial charge in [-0.2, -0.15) is 5.10 Å². The van der Waals surface area contributed by atoms with Crippen LogP contribution in [0.3, 0.4) is 0 Å². The molecule has 0 aromatic carbocycles. The summed E-state index contributed by atoms with van der Waals surface area (Å²) in [7, 11) is 0. The van der Waals surface area contributed by atoms with Gasteiger partial charge in [0.15, 0.2) is 0 Å². The minimum Gasteiger partial charge on any atom is -0.371 e. The highest BCUT2D eigenvalue weighted by Crippen LogP contribution is 2.24. The summed E-state index contributed by atoms with van der Waals surface area (Å²) in [5.41, 5.74) is 2.77. The third-order valence-electron chi connectivity index (χ3n) is 4.13. The molecule has 1 amide bonds. The summed E-state index contributed by atoms with van der Waals surface area (Å²) < 4.78 is 1.78. The summed E-state index contributed by atoms with van der Waals surface area (Å²) in [5, 5.41) is 7.30. The van der Waals surface area contributed by atoms with E-state index in [4.69, 9.17) is 0 Å². The Morgan fingerprint density at radius 1 is 1.30 bits per heavy atom. The molecule has 2 aromatic heterocycles. The fourth-order valence-corrected chi connectivity index (χ4v) is 2.81. The number of carbonyl (C=O) groups is 1. The fourth-order valence-electron chi connectivity index (χ4n) is 2.81. The Bertz CT molecular complexity index is 653. The maximum Gasteiger partial charge on any atom is 0.255 e. The van der Waals surface area contributed by atoms with Crippen molar-refractivity contribution < 1.29 is 4.79 Å². The van der Waals surface area contributed by atoms with Crippen LogP contribution < -0.4 is 10.2 Å². The fraction of sp³-hybridized carbons (Fsp3) is 0.467. The lowest BCUT2D eigenvalue weighted by atomic mass is 10.2. The van der Waals surface area contributed by atoms with Crippen molar-refractivity contribution in [3.05, 3.63) is 30.1 Å². The van der Waals surface area contributed by atoms with Gasteiger partial charge in [0, 0.05) is 31.0 Å². The number of nitrogens with zero attached hydrogens (tertiary/aromatic N) is 3. The number of aromatic nitrogens is 2. The van der Waals surface area contributed by atoms with Crippen LogP contribution in [0.25, 0.3) is 5.52 Å². The van der Waals surface area contributed by atoms with Crippen molar-refractivity contribution in [1.82, 2.24) is 14.9 Å². The van der Waals surface area contributed by atoms with Crippen LogP contribution in [0.15, 0.2) is 24.5 Å². The zero-order chi connectivity index (χ0) is 13.5. The Hall–Kier alpha value is -2.04. The van der Waals surface area contributed by atoms with Gasteiger partial charge in [-0.3, -0.25) is 4.79 Å². The van der Waals surface area contributed by atoms with Crippen LogP contribution in [0.1, 0.15) is 36.0 Å². The van der Waals surface area contributed by atoms with E-state index in [-0.39, 0.29) is 5.91 Å². The molecule has 5 heteroatoms. The lowest BCUT2D eigenvalue weighted by Crippen LogP contribution is -2.25. The highest BCUT2D eigenvalue weighted by Gasteiger charge is 2.25. The van der Waals surface area contributed by atoms with Gasteiger partial charge < -0.3 is 10.2 Å². The first-order chi connectivity index (χ1) is 9.81. The van der Waals surface area contributed by atoms with Gasteiger partial charge in [0.1, 0.15) is 0 Å². The smallest absolute Gasteiger partial charge is 0.255 e. The normalized spacial score (nSPS) is 18.7. The maximum absolute atomic E-state index is 12.2. The molecule has 1 saturated heterocycles. The number of anilines is 1. The molecule has 0 unspecified atom stereocenters. The summed E-state index contributed by atoms with van der Waals surface area (Å²) in [4.78, 5) is 14.6. The van der Waals surface area contributed by atoms with Gasteiger partial charge >= 0.3 is 0 Å². The van der Waals surface area contributed by atoms with Crippen LogP contribution in [0.2, 0.25) is 0 Å². The van der Waals surface area contributed by atoms with E-state index >= 15 is 0 Å². The van der Waals surface area contributed by atoms with Crippen molar-refractivity contribution in [2.24, 2.45) is 0 Å². The average Bonchev–Trinajstić information content (AvgIpc) is 2.96. The van der Waals surface area contributed by atoms with Crippen LogP contribution in [0.5, 0.6) is 0 Å². The average molecular weight is 270 g/mol. The molecule has 2 aromatic rings. The minimum atomic E-state index is 0.000993. The van der Waals surface area contributed by atoms with E-state index in [2.05, 4.69) is 27.4 Å². The number of fused-ring (bicyclic) bond motifs is 1. The molecule has 2 fully saturated rings. The van der Waals surface area contributed by atoms with Crippen LogP contribution >= 0.6 is 0 Å². The quantitative estimate of drug-likeness (QED) is 0.925. The molecule has 0 atom stereocenters. The molecule has 1 aliphatic heterocycles. The molecule has 20 heavy (non-hydrogen) atoms. The van der Waals surface area contributed by atoms with Crippen LogP contribution in [-0.4, -0.2) is 34.7 Å². The second kappa shape index (κ2) is 4.51. The molecule has 3 heterocycles. The number of hydrogen-bond donors (Lipinski definition) is 1. The second-order valence-electron chi connectivity index (χ2n) is 5.71. The van der Waals surface area contributed by atoms with Crippen molar-refractivity contribution in [3.63, 3.8) is 0 Å². The molecular formula is C15H18N4O. The largest absolute Gasteiger partial charge is 0.371 e. The minimum absolute atomic E-state index is 0.000993. The topological polar surface area (TPSA) is 49.6 Å². The van der Waals surface area contributed by atoms with Crippen molar-refractivity contribution in [3.8, 4) is 0 Å². The number of rotatable bonds is 3. The first-order valence-electron chi connectivity index (χ1n) is 7.34. The predicted octanol–water partition coefficient (Wildman–Crippen LogP) is 1.83. The van der Waals surface area contributed by atoms with Gasteiger partial charge in [0.05, 0.1) is 17.3 Å². The summed E-state index contributed by atoms with van der Waals surface area (Å²) in [6, 6.07) is 4.54. The first kappa shape index (κ1) is 11.8. The molecule has 2 aliphatic rings. The van der Waals surface area contributed by atoms with Gasteiger partial charge in [-0.15, -0.1) is 0 Å². The Morgan fingerprint density at radius 2 is 2.10 bits per heavy atom. The first-order valence-corrected chi connectivity index (χ1v) is 7.34. The molecule has 1 N–H and O–H groups in total. The monoisotopic (exact) mass is 270 g/mol. The van der Waals surface area contributed by atoms with Crippen LogP contribution in [0.4, 0.5) is 5.69 Å². The Morgan fingerprint density at radius 3 is 2.85 bits per heavy atom. The van der Waals surface area contributed by atoms with Gasteiger partial charge in [0.2, 0.25) is 0 Å². The zero-order valence-corrected chi connectivity index (χ0v) is 11.4. The van der Waals surface area contributed by atoms with E-state index in [1.165, 1.54) is 18.5 Å². The molecule has 5 nitrogen and oxygen atoms in total. The van der Waals surface area contributed by atoms with Crippen molar-refractivity contribution in [2.45, 2.75) is 31.7 Å². The third-order valence-corrected chi connectivity index (χ3v) is 4.13. The SMILES string of the molecule is O=C(NC1CC1)c1cnn2ccc(N3CCCC3)cc12. The molecular weight excluding hydrogens is 252 g/mol. The maximum atomic E-state index is 12.2. The molecule has 104 valence electrons. The van der Waals surface area contributed by atoms with Crippen molar-refractivity contribution >= 4 is 17.1 Å². The van der Waals surface area contributed by atoms with Crippen LogP contribution in [-0.2, 0) is 0 Å². The molecule has 1 saturated carbocycles. The van der Waals surface area contributed by atoms with E-state index in [1.807, 2.05) is 6.20 Å². The lowest BCUT2D eigenvalue weighted by molar-refractivity contribution is 0.0952. The van der Waals surface area contributed by atoms with Gasteiger partial charge in [-0.25, -0.2) is 4.52 Å². The third kappa shape index (κ3) is 2.03. The highest BCUT2D eigenvalue weighted by molar-refractivity contribution is 6.01. The summed E-state index contributed by atoms with van der Waals surface area (Å²) >= 11 is 0. The standard InChI is InChI=1S/C15H18N4O/c20-15(17-11-3-4-11)13-10-16-19-8-5-12(9-14(13)19)18-6-1-2-7-18/h5,8-11H,1-4,6-7H2,(H,17,20). The van der Waals surface area contributed by atoms with Crippen LogP contribution in [0, 0.1) is 0 Å². The summed E-state index contributed by atoms with van der Waals surface area (Å²) in [6.45, 7) is 2.21. The predicted molar refractivity (Wildman–Crippen MR) is 77.1 cm³/mol.